The van der Waals surface area contributed by atoms with Crippen LogP contribution >= 0.6 is 11.6 Å². The lowest BCUT2D eigenvalue weighted by Crippen LogP contribution is -2.54. The van der Waals surface area contributed by atoms with Gasteiger partial charge >= 0.3 is 0 Å². The van der Waals surface area contributed by atoms with E-state index in [9.17, 15) is 9.18 Å². The molecule has 0 radical (unpaired) electrons. The fraction of sp³-hybridized carbons (Fsp3) is 0.562. The molecular formula is C16H22ClFN2O2. The zero-order valence-electron chi connectivity index (χ0n) is 12.8. The van der Waals surface area contributed by atoms with Gasteiger partial charge in [-0.1, -0.05) is 30.9 Å². The molecule has 1 aliphatic rings. The van der Waals surface area contributed by atoms with Crippen molar-refractivity contribution in [3.63, 3.8) is 0 Å². The number of benzene rings is 1. The van der Waals surface area contributed by atoms with Gasteiger partial charge in [-0.15, -0.1) is 0 Å². The van der Waals surface area contributed by atoms with Gasteiger partial charge in [-0.25, -0.2) is 4.39 Å². The maximum Gasteiger partial charge on any atom is 0.245 e. The van der Waals surface area contributed by atoms with Crippen molar-refractivity contribution >= 4 is 23.2 Å². The molecule has 0 bridgehead atoms. The van der Waals surface area contributed by atoms with Gasteiger partial charge in [0.2, 0.25) is 5.91 Å². The van der Waals surface area contributed by atoms with Gasteiger partial charge in [0.1, 0.15) is 11.4 Å². The number of rotatable bonds is 6. The third-order valence-electron chi connectivity index (χ3n) is 4.04. The van der Waals surface area contributed by atoms with Crippen LogP contribution in [0.1, 0.15) is 32.1 Å². The average molecular weight is 329 g/mol. The molecule has 1 fully saturated rings. The molecule has 0 spiro atoms. The molecule has 122 valence electrons. The number of nitrogens with one attached hydrogen (secondary N) is 2. The van der Waals surface area contributed by atoms with Crippen LogP contribution < -0.4 is 10.6 Å². The van der Waals surface area contributed by atoms with Gasteiger partial charge in [0.05, 0.1) is 11.6 Å². The molecule has 2 N–H and O–H groups in total. The Morgan fingerprint density at radius 1 is 1.36 bits per heavy atom. The average Bonchev–Trinajstić information content (AvgIpc) is 2.52. The summed E-state index contributed by atoms with van der Waals surface area (Å²) >= 11 is 5.83. The summed E-state index contributed by atoms with van der Waals surface area (Å²) in [5.74, 6) is -0.501. The molecule has 0 unspecified atom stereocenters. The number of hydrogen-bond donors (Lipinski definition) is 2. The Hall–Kier alpha value is -1.33. The number of halogens is 2. The minimum absolute atomic E-state index is 0.0373. The van der Waals surface area contributed by atoms with E-state index < -0.39 is 11.4 Å². The van der Waals surface area contributed by atoms with Gasteiger partial charge in [0.15, 0.2) is 0 Å². The Balaban J connectivity index is 2.13. The van der Waals surface area contributed by atoms with Gasteiger partial charge in [-0.05, 0) is 31.0 Å². The third kappa shape index (κ3) is 4.11. The fourth-order valence-corrected chi connectivity index (χ4v) is 3.03. The maximum absolute atomic E-state index is 13.3. The van der Waals surface area contributed by atoms with Crippen molar-refractivity contribution < 1.29 is 13.9 Å². The number of hydrogen-bond acceptors (Lipinski definition) is 3. The van der Waals surface area contributed by atoms with Gasteiger partial charge in [-0.2, -0.15) is 0 Å². The molecular weight excluding hydrogens is 307 g/mol. The summed E-state index contributed by atoms with van der Waals surface area (Å²) in [7, 11) is 1.60. The first kappa shape index (κ1) is 17.0. The molecule has 4 nitrogen and oxygen atoms in total. The summed E-state index contributed by atoms with van der Waals surface area (Å²) in [4.78, 5) is 12.6. The highest BCUT2D eigenvalue weighted by Gasteiger charge is 2.39. The summed E-state index contributed by atoms with van der Waals surface area (Å²) in [5.41, 5.74) is 0.00264. The molecule has 1 amide bonds. The van der Waals surface area contributed by atoms with Crippen molar-refractivity contribution in [2.75, 3.05) is 25.6 Å². The van der Waals surface area contributed by atoms with Gasteiger partial charge < -0.3 is 15.4 Å². The Bertz CT molecular complexity index is 519. The Morgan fingerprint density at radius 3 is 2.73 bits per heavy atom. The van der Waals surface area contributed by atoms with E-state index in [-0.39, 0.29) is 10.9 Å². The van der Waals surface area contributed by atoms with Crippen LogP contribution in [0.2, 0.25) is 5.02 Å². The quantitative estimate of drug-likeness (QED) is 0.787. The number of methoxy groups -OCH3 is 1. The number of carbonyl (C=O) groups excluding carboxylic acids is 1. The minimum atomic E-state index is -0.660. The number of anilines is 1. The standard InChI is InChI=1S/C16H22ClFN2O2/c1-22-10-9-19-15(21)16(7-3-2-4-8-16)20-12-5-6-14(18)13(17)11-12/h5-6,11,20H,2-4,7-10H2,1H3,(H,19,21). The topological polar surface area (TPSA) is 50.4 Å². The molecule has 6 heteroatoms. The second-order valence-corrected chi connectivity index (χ2v) is 6.05. The van der Waals surface area contributed by atoms with E-state index in [0.29, 0.717) is 18.8 Å². The first-order chi connectivity index (χ1) is 10.6. The lowest BCUT2D eigenvalue weighted by atomic mass is 9.80. The van der Waals surface area contributed by atoms with Crippen LogP contribution in [0.15, 0.2) is 18.2 Å². The molecule has 1 aromatic carbocycles. The van der Waals surface area contributed by atoms with Gasteiger partial charge in [0, 0.05) is 19.3 Å². The molecule has 22 heavy (non-hydrogen) atoms. The maximum atomic E-state index is 13.3. The van der Waals surface area contributed by atoms with E-state index in [2.05, 4.69) is 10.6 Å². The molecule has 0 heterocycles. The SMILES string of the molecule is COCCNC(=O)C1(Nc2ccc(F)c(Cl)c2)CCCCC1. The van der Waals surface area contributed by atoms with Crippen LogP contribution in [0.4, 0.5) is 10.1 Å². The monoisotopic (exact) mass is 328 g/mol. The molecule has 0 aromatic heterocycles. The molecule has 1 saturated carbocycles. The zero-order chi connectivity index (χ0) is 16.0. The number of ether oxygens (including phenoxy) is 1. The Labute approximate surface area is 135 Å². The van der Waals surface area contributed by atoms with Crippen LogP contribution in [0.25, 0.3) is 0 Å². The summed E-state index contributed by atoms with van der Waals surface area (Å²) in [6, 6.07) is 4.44. The summed E-state index contributed by atoms with van der Waals surface area (Å²) in [6.45, 7) is 0.952. The van der Waals surface area contributed by atoms with E-state index in [0.717, 1.165) is 32.1 Å². The van der Waals surface area contributed by atoms with Crippen molar-refractivity contribution in [2.24, 2.45) is 0 Å². The van der Waals surface area contributed by atoms with E-state index in [1.807, 2.05) is 0 Å². The molecule has 1 aromatic rings. The molecule has 0 saturated heterocycles. The Kier molecular flexibility index (Phi) is 6.03. The first-order valence-electron chi connectivity index (χ1n) is 7.58. The van der Waals surface area contributed by atoms with Crippen LogP contribution in [0.3, 0.4) is 0 Å². The second-order valence-electron chi connectivity index (χ2n) is 5.65. The van der Waals surface area contributed by atoms with Crippen LogP contribution in [-0.2, 0) is 9.53 Å². The van der Waals surface area contributed by atoms with Gasteiger partial charge in [0.25, 0.3) is 0 Å². The highest BCUT2D eigenvalue weighted by Crippen LogP contribution is 2.33. The highest BCUT2D eigenvalue weighted by molar-refractivity contribution is 6.31. The van der Waals surface area contributed by atoms with Crippen molar-refractivity contribution in [3.8, 4) is 0 Å². The summed E-state index contributed by atoms with van der Waals surface area (Å²) in [5, 5.41) is 6.24. The zero-order valence-corrected chi connectivity index (χ0v) is 13.5. The molecule has 2 rings (SSSR count). The molecule has 0 aliphatic heterocycles. The van der Waals surface area contributed by atoms with Crippen molar-refractivity contribution in [2.45, 2.75) is 37.6 Å². The predicted molar refractivity (Wildman–Crippen MR) is 85.7 cm³/mol. The van der Waals surface area contributed by atoms with Crippen molar-refractivity contribution in [3.05, 3.63) is 29.0 Å². The fourth-order valence-electron chi connectivity index (χ4n) is 2.85. The first-order valence-corrected chi connectivity index (χ1v) is 7.96. The van der Waals surface area contributed by atoms with E-state index in [1.165, 1.54) is 12.1 Å². The molecule has 1 aliphatic carbocycles. The third-order valence-corrected chi connectivity index (χ3v) is 4.33. The minimum Gasteiger partial charge on any atom is -0.383 e. The van der Waals surface area contributed by atoms with E-state index in [1.54, 1.807) is 13.2 Å². The van der Waals surface area contributed by atoms with Crippen LogP contribution in [0.5, 0.6) is 0 Å². The van der Waals surface area contributed by atoms with Crippen molar-refractivity contribution in [1.29, 1.82) is 0 Å². The number of amides is 1. The predicted octanol–water partition coefficient (Wildman–Crippen LogP) is 3.36. The van der Waals surface area contributed by atoms with Crippen LogP contribution in [0, 0.1) is 5.82 Å². The van der Waals surface area contributed by atoms with Gasteiger partial charge in [-0.3, -0.25) is 4.79 Å². The van der Waals surface area contributed by atoms with E-state index in [4.69, 9.17) is 16.3 Å². The summed E-state index contributed by atoms with van der Waals surface area (Å²) < 4.78 is 18.2. The largest absolute Gasteiger partial charge is 0.383 e. The molecule has 0 atom stereocenters. The Morgan fingerprint density at radius 2 is 2.09 bits per heavy atom. The lowest BCUT2D eigenvalue weighted by molar-refractivity contribution is -0.126. The second kappa shape index (κ2) is 7.79. The summed E-state index contributed by atoms with van der Waals surface area (Å²) in [6.07, 6.45) is 4.60. The smallest absolute Gasteiger partial charge is 0.245 e. The van der Waals surface area contributed by atoms with E-state index >= 15 is 0 Å². The van der Waals surface area contributed by atoms with Crippen LogP contribution in [-0.4, -0.2) is 31.7 Å². The lowest BCUT2D eigenvalue weighted by Gasteiger charge is -2.37. The number of carbonyl (C=O) groups is 1. The van der Waals surface area contributed by atoms with Crippen molar-refractivity contribution in [1.82, 2.24) is 5.32 Å². The highest BCUT2D eigenvalue weighted by atomic mass is 35.5. The normalized spacial score (nSPS) is 17.0.